The topological polar surface area (TPSA) is 62.2 Å². The molecular formula is C19H20N2O2. The predicted molar refractivity (Wildman–Crippen MR) is 88.0 cm³/mol. The Morgan fingerprint density at radius 2 is 2.13 bits per heavy atom. The standard InChI is InChI=1S/C19H20N2O2/c22-12-14-7-3-9-17(20-14)21-18(23)16-11-19(16)10-4-6-13-5-1-2-8-15(13)19/h1-3,5,7-9,16,22H,4,6,10-12H2,(H,20,21,23)/t16-,19+/m0/s1. The third kappa shape index (κ3) is 2.43. The molecule has 1 aromatic carbocycles. The van der Waals surface area contributed by atoms with E-state index in [4.69, 9.17) is 5.11 Å². The summed E-state index contributed by atoms with van der Waals surface area (Å²) in [7, 11) is 0. The molecule has 0 bridgehead atoms. The van der Waals surface area contributed by atoms with Crippen LogP contribution in [0.1, 0.15) is 36.1 Å². The Morgan fingerprint density at radius 1 is 1.26 bits per heavy atom. The Kier molecular flexibility index (Phi) is 3.42. The average Bonchev–Trinajstić information content (AvgIpc) is 3.30. The number of hydrogen-bond donors (Lipinski definition) is 2. The second-order valence-corrected chi connectivity index (χ2v) is 6.59. The average molecular weight is 308 g/mol. The first-order chi connectivity index (χ1) is 11.2. The Hall–Kier alpha value is -2.20. The van der Waals surface area contributed by atoms with Crippen molar-refractivity contribution in [1.29, 1.82) is 0 Å². The van der Waals surface area contributed by atoms with Gasteiger partial charge in [-0.05, 0) is 48.9 Å². The van der Waals surface area contributed by atoms with E-state index in [-0.39, 0.29) is 23.8 Å². The molecule has 0 aliphatic heterocycles. The molecule has 1 amide bonds. The SMILES string of the molecule is O=C(Nc1cccc(CO)n1)[C@@H]1C[C@@]12CCCc1ccccc12. The Balaban J connectivity index is 1.54. The van der Waals surface area contributed by atoms with Gasteiger partial charge in [0.2, 0.25) is 5.91 Å². The van der Waals surface area contributed by atoms with E-state index >= 15 is 0 Å². The van der Waals surface area contributed by atoms with Gasteiger partial charge in [0.1, 0.15) is 5.82 Å². The lowest BCUT2D eigenvalue weighted by molar-refractivity contribution is -0.117. The summed E-state index contributed by atoms with van der Waals surface area (Å²) < 4.78 is 0. The monoisotopic (exact) mass is 308 g/mol. The third-order valence-corrected chi connectivity index (χ3v) is 5.23. The molecule has 0 saturated heterocycles. The normalized spacial score (nSPS) is 25.0. The summed E-state index contributed by atoms with van der Waals surface area (Å²) >= 11 is 0. The molecule has 2 atom stereocenters. The number of fused-ring (bicyclic) bond motifs is 2. The van der Waals surface area contributed by atoms with E-state index in [1.165, 1.54) is 11.1 Å². The number of pyridine rings is 1. The summed E-state index contributed by atoms with van der Waals surface area (Å²) in [6, 6.07) is 13.8. The number of amides is 1. The molecule has 1 spiro atoms. The fourth-order valence-corrected chi connectivity index (χ4v) is 4.03. The third-order valence-electron chi connectivity index (χ3n) is 5.23. The van der Waals surface area contributed by atoms with E-state index in [2.05, 4.69) is 34.6 Å². The lowest BCUT2D eigenvalue weighted by Gasteiger charge is -2.26. The van der Waals surface area contributed by atoms with Gasteiger partial charge in [0.25, 0.3) is 0 Å². The van der Waals surface area contributed by atoms with Crippen molar-refractivity contribution in [1.82, 2.24) is 4.98 Å². The summed E-state index contributed by atoms with van der Waals surface area (Å²) in [5, 5.41) is 12.1. The maximum absolute atomic E-state index is 12.6. The lowest BCUT2D eigenvalue weighted by atomic mass is 9.78. The minimum absolute atomic E-state index is 0.0310. The van der Waals surface area contributed by atoms with E-state index in [9.17, 15) is 4.79 Å². The number of nitrogens with zero attached hydrogens (tertiary/aromatic N) is 1. The minimum Gasteiger partial charge on any atom is -0.390 e. The van der Waals surface area contributed by atoms with Gasteiger partial charge in [0.15, 0.2) is 0 Å². The molecule has 4 heteroatoms. The number of carbonyl (C=O) groups is 1. The first-order valence-electron chi connectivity index (χ1n) is 8.19. The molecule has 4 rings (SSSR count). The molecule has 4 nitrogen and oxygen atoms in total. The zero-order valence-electron chi connectivity index (χ0n) is 13.0. The van der Waals surface area contributed by atoms with Crippen LogP contribution in [0, 0.1) is 5.92 Å². The highest BCUT2D eigenvalue weighted by molar-refractivity contribution is 5.95. The molecule has 23 heavy (non-hydrogen) atoms. The Morgan fingerprint density at radius 3 is 3.00 bits per heavy atom. The van der Waals surface area contributed by atoms with Gasteiger partial charge in [-0.15, -0.1) is 0 Å². The molecule has 1 saturated carbocycles. The quantitative estimate of drug-likeness (QED) is 0.916. The molecule has 2 aliphatic rings. The van der Waals surface area contributed by atoms with Crippen LogP contribution < -0.4 is 5.32 Å². The van der Waals surface area contributed by atoms with Crippen LogP contribution in [0.15, 0.2) is 42.5 Å². The highest BCUT2D eigenvalue weighted by Crippen LogP contribution is 2.60. The molecule has 1 fully saturated rings. The molecule has 0 radical (unpaired) electrons. The smallest absolute Gasteiger partial charge is 0.229 e. The van der Waals surface area contributed by atoms with Crippen molar-refractivity contribution in [3.63, 3.8) is 0 Å². The number of rotatable bonds is 3. The first-order valence-corrected chi connectivity index (χ1v) is 8.19. The van der Waals surface area contributed by atoms with Crippen molar-refractivity contribution >= 4 is 11.7 Å². The molecule has 1 heterocycles. The summed E-state index contributed by atoms with van der Waals surface area (Å²) in [4.78, 5) is 16.9. The van der Waals surface area contributed by atoms with E-state index in [1.807, 2.05) is 0 Å². The van der Waals surface area contributed by atoms with Crippen molar-refractivity contribution in [3.8, 4) is 0 Å². The largest absolute Gasteiger partial charge is 0.390 e. The van der Waals surface area contributed by atoms with Crippen LogP contribution >= 0.6 is 0 Å². The predicted octanol–water partition coefficient (Wildman–Crippen LogP) is 2.81. The van der Waals surface area contributed by atoms with Crippen LogP contribution in [0.25, 0.3) is 0 Å². The lowest BCUT2D eigenvalue weighted by Crippen LogP contribution is -2.25. The zero-order valence-corrected chi connectivity index (χ0v) is 13.0. The number of aromatic nitrogens is 1. The first kappa shape index (κ1) is 14.4. The van der Waals surface area contributed by atoms with Gasteiger partial charge in [0, 0.05) is 11.3 Å². The second-order valence-electron chi connectivity index (χ2n) is 6.59. The van der Waals surface area contributed by atoms with E-state index < -0.39 is 0 Å². The fourth-order valence-electron chi connectivity index (χ4n) is 4.03. The molecular weight excluding hydrogens is 288 g/mol. The van der Waals surface area contributed by atoms with Crippen molar-refractivity contribution < 1.29 is 9.90 Å². The molecule has 1 aromatic heterocycles. The number of benzene rings is 1. The molecule has 2 N–H and O–H groups in total. The minimum atomic E-state index is -0.121. The van der Waals surface area contributed by atoms with Gasteiger partial charge in [-0.3, -0.25) is 4.79 Å². The van der Waals surface area contributed by atoms with Crippen LogP contribution in [0.2, 0.25) is 0 Å². The number of hydrogen-bond acceptors (Lipinski definition) is 3. The molecule has 2 aromatic rings. The van der Waals surface area contributed by atoms with Crippen LogP contribution in [-0.2, 0) is 23.2 Å². The van der Waals surface area contributed by atoms with Gasteiger partial charge in [-0.25, -0.2) is 4.98 Å². The number of aliphatic hydroxyl groups excluding tert-OH is 1. The van der Waals surface area contributed by atoms with Crippen molar-refractivity contribution in [2.24, 2.45) is 5.92 Å². The van der Waals surface area contributed by atoms with E-state index in [1.54, 1.807) is 18.2 Å². The van der Waals surface area contributed by atoms with Crippen molar-refractivity contribution in [2.75, 3.05) is 5.32 Å². The van der Waals surface area contributed by atoms with Gasteiger partial charge in [-0.2, -0.15) is 0 Å². The van der Waals surface area contributed by atoms with Crippen LogP contribution in [-0.4, -0.2) is 16.0 Å². The summed E-state index contributed by atoms with van der Waals surface area (Å²) in [6.07, 6.45) is 4.28. The summed E-state index contributed by atoms with van der Waals surface area (Å²) in [5.41, 5.74) is 3.36. The van der Waals surface area contributed by atoms with Gasteiger partial charge < -0.3 is 10.4 Å². The zero-order chi connectivity index (χ0) is 15.9. The molecule has 118 valence electrons. The Labute approximate surface area is 135 Å². The highest BCUT2D eigenvalue weighted by Gasteiger charge is 2.60. The number of anilines is 1. The highest BCUT2D eigenvalue weighted by atomic mass is 16.3. The van der Waals surface area contributed by atoms with Crippen molar-refractivity contribution in [2.45, 2.75) is 37.7 Å². The fraction of sp³-hybridized carbons (Fsp3) is 0.368. The number of aryl methyl sites for hydroxylation is 1. The number of aliphatic hydroxyl groups is 1. The van der Waals surface area contributed by atoms with Crippen LogP contribution in [0.5, 0.6) is 0 Å². The summed E-state index contributed by atoms with van der Waals surface area (Å²) in [5.74, 6) is 0.598. The second kappa shape index (κ2) is 5.46. The van der Waals surface area contributed by atoms with E-state index in [0.29, 0.717) is 11.5 Å². The van der Waals surface area contributed by atoms with Crippen LogP contribution in [0.4, 0.5) is 5.82 Å². The van der Waals surface area contributed by atoms with E-state index in [0.717, 1.165) is 25.7 Å². The van der Waals surface area contributed by atoms with Gasteiger partial charge >= 0.3 is 0 Å². The molecule has 0 unspecified atom stereocenters. The Bertz CT molecular complexity index is 759. The summed E-state index contributed by atoms with van der Waals surface area (Å²) in [6.45, 7) is -0.121. The maximum Gasteiger partial charge on any atom is 0.229 e. The number of nitrogens with one attached hydrogen (secondary N) is 1. The van der Waals surface area contributed by atoms with Gasteiger partial charge in [-0.1, -0.05) is 30.3 Å². The number of carbonyl (C=O) groups excluding carboxylic acids is 1. The van der Waals surface area contributed by atoms with Crippen LogP contribution in [0.3, 0.4) is 0 Å². The van der Waals surface area contributed by atoms with Crippen molar-refractivity contribution in [3.05, 3.63) is 59.3 Å². The maximum atomic E-state index is 12.6. The molecule has 2 aliphatic carbocycles. The van der Waals surface area contributed by atoms with Gasteiger partial charge in [0.05, 0.1) is 12.3 Å².